The minimum absolute atomic E-state index is 0.0645. The molecule has 9 heteroatoms. The Bertz CT molecular complexity index is 802. The largest absolute Gasteiger partial charge is 0.390 e. The third-order valence-corrected chi connectivity index (χ3v) is 5.34. The van der Waals surface area contributed by atoms with Crippen molar-refractivity contribution in [3.8, 4) is 10.7 Å². The molecule has 1 saturated carbocycles. The molecule has 0 unspecified atom stereocenters. The normalized spacial score (nSPS) is 16.9. The maximum absolute atomic E-state index is 13.4. The van der Waals surface area contributed by atoms with Crippen molar-refractivity contribution in [1.29, 1.82) is 0 Å². The highest BCUT2D eigenvalue weighted by molar-refractivity contribution is 7.13. The van der Waals surface area contributed by atoms with Crippen LogP contribution in [0.3, 0.4) is 0 Å². The second-order valence-corrected chi connectivity index (χ2v) is 7.59. The number of aromatic nitrogens is 2. The van der Waals surface area contributed by atoms with Gasteiger partial charge >= 0.3 is 0 Å². The first-order valence-corrected chi connectivity index (χ1v) is 9.68. The van der Waals surface area contributed by atoms with Crippen molar-refractivity contribution >= 4 is 23.1 Å². The van der Waals surface area contributed by atoms with Gasteiger partial charge in [0.05, 0.1) is 12.3 Å². The predicted molar refractivity (Wildman–Crippen MR) is 99.6 cm³/mol. The lowest BCUT2D eigenvalue weighted by Gasteiger charge is -2.29. The number of rotatable bonds is 6. The zero-order chi connectivity index (χ0) is 19.4. The lowest BCUT2D eigenvalue weighted by Crippen LogP contribution is -2.32. The average molecular weight is 396 g/mol. The summed E-state index contributed by atoms with van der Waals surface area (Å²) in [4.78, 5) is 20.1. The molecular weight excluding hydrogens is 374 g/mol. The fourth-order valence-electron chi connectivity index (χ4n) is 2.99. The van der Waals surface area contributed by atoms with E-state index in [-0.39, 0.29) is 31.4 Å². The highest BCUT2D eigenvalue weighted by Gasteiger charge is 2.35. The second-order valence-electron chi connectivity index (χ2n) is 6.73. The minimum atomic E-state index is -2.58. The molecular formula is C18H22F2N4O2S. The lowest BCUT2D eigenvalue weighted by molar-refractivity contribution is -0.119. The zero-order valence-corrected chi connectivity index (χ0v) is 15.8. The quantitative estimate of drug-likeness (QED) is 0.697. The molecule has 1 aliphatic rings. The number of carbonyl (C=O) groups is 1. The van der Waals surface area contributed by atoms with Gasteiger partial charge in [0.25, 0.3) is 0 Å². The van der Waals surface area contributed by atoms with E-state index in [2.05, 4.69) is 20.6 Å². The van der Waals surface area contributed by atoms with E-state index in [1.165, 1.54) is 18.3 Å². The number of amides is 1. The van der Waals surface area contributed by atoms with E-state index in [0.29, 0.717) is 41.6 Å². The van der Waals surface area contributed by atoms with Gasteiger partial charge in [0.15, 0.2) is 0 Å². The zero-order valence-electron chi connectivity index (χ0n) is 15.0. The summed E-state index contributed by atoms with van der Waals surface area (Å²) in [7, 11) is 0. The second kappa shape index (κ2) is 8.26. The van der Waals surface area contributed by atoms with E-state index >= 15 is 0 Å². The number of hydrogen-bond acceptors (Lipinski definition) is 6. The summed E-state index contributed by atoms with van der Waals surface area (Å²) in [5.74, 6) is -2.15. The molecule has 1 aliphatic carbocycles. The molecule has 0 saturated heterocycles. The van der Waals surface area contributed by atoms with Crippen LogP contribution in [-0.2, 0) is 17.9 Å². The SMILES string of the molecule is CC(=O)NCc1cc(NC2CCC(F)(F)CC2)nc(-c2nc(CO)cs2)c1. The highest BCUT2D eigenvalue weighted by Crippen LogP contribution is 2.34. The van der Waals surface area contributed by atoms with Crippen LogP contribution in [0.2, 0.25) is 0 Å². The molecule has 1 amide bonds. The molecule has 0 atom stereocenters. The van der Waals surface area contributed by atoms with Crippen LogP contribution in [0.25, 0.3) is 10.7 Å². The molecule has 1 fully saturated rings. The van der Waals surface area contributed by atoms with E-state index in [0.717, 1.165) is 5.56 Å². The van der Waals surface area contributed by atoms with E-state index < -0.39 is 5.92 Å². The van der Waals surface area contributed by atoms with E-state index in [1.807, 2.05) is 12.1 Å². The molecule has 6 nitrogen and oxygen atoms in total. The van der Waals surface area contributed by atoms with Gasteiger partial charge in [0.2, 0.25) is 11.8 Å². The standard InChI is InChI=1S/C18H22F2N4O2S/c1-11(26)21-8-12-6-15(17-23-14(9-25)10-27-17)24-16(7-12)22-13-2-4-18(19,20)5-3-13/h6-7,10,13,25H,2-5,8-9H2,1H3,(H,21,26)(H,22,24). The van der Waals surface area contributed by atoms with Gasteiger partial charge < -0.3 is 15.7 Å². The Morgan fingerprint density at radius 3 is 2.70 bits per heavy atom. The van der Waals surface area contributed by atoms with Crippen molar-refractivity contribution in [2.75, 3.05) is 5.32 Å². The van der Waals surface area contributed by atoms with E-state index in [9.17, 15) is 18.7 Å². The Morgan fingerprint density at radius 1 is 1.33 bits per heavy atom. The molecule has 146 valence electrons. The molecule has 3 rings (SSSR count). The summed E-state index contributed by atoms with van der Waals surface area (Å²) in [5, 5.41) is 17.6. The number of aliphatic hydroxyl groups is 1. The molecule has 27 heavy (non-hydrogen) atoms. The van der Waals surface area contributed by atoms with Gasteiger partial charge in [-0.15, -0.1) is 11.3 Å². The molecule has 0 bridgehead atoms. The summed E-state index contributed by atoms with van der Waals surface area (Å²) in [6.07, 6.45) is 0.503. The third-order valence-electron chi connectivity index (χ3n) is 4.43. The summed E-state index contributed by atoms with van der Waals surface area (Å²) >= 11 is 1.37. The van der Waals surface area contributed by atoms with Gasteiger partial charge in [0.1, 0.15) is 16.5 Å². The van der Waals surface area contributed by atoms with Gasteiger partial charge in [-0.05, 0) is 30.5 Å². The van der Waals surface area contributed by atoms with Crippen molar-refractivity contribution in [1.82, 2.24) is 15.3 Å². The number of pyridine rings is 1. The third kappa shape index (κ3) is 5.43. The van der Waals surface area contributed by atoms with Crippen molar-refractivity contribution in [3.63, 3.8) is 0 Å². The Kier molecular flexibility index (Phi) is 6.01. The van der Waals surface area contributed by atoms with Crippen LogP contribution in [0.1, 0.15) is 43.9 Å². The molecule has 2 heterocycles. The van der Waals surface area contributed by atoms with Crippen LogP contribution in [0, 0.1) is 0 Å². The van der Waals surface area contributed by atoms with Gasteiger partial charge in [-0.3, -0.25) is 4.79 Å². The monoisotopic (exact) mass is 396 g/mol. The highest BCUT2D eigenvalue weighted by atomic mass is 32.1. The van der Waals surface area contributed by atoms with Crippen molar-refractivity contribution < 1.29 is 18.7 Å². The fourth-order valence-corrected chi connectivity index (χ4v) is 3.76. The summed E-state index contributed by atoms with van der Waals surface area (Å²) in [6.45, 7) is 1.63. The van der Waals surface area contributed by atoms with Crippen LogP contribution >= 0.6 is 11.3 Å². The van der Waals surface area contributed by atoms with Crippen LogP contribution in [0.5, 0.6) is 0 Å². The first-order chi connectivity index (χ1) is 12.8. The lowest BCUT2D eigenvalue weighted by atomic mass is 9.92. The molecule has 0 aromatic carbocycles. The average Bonchev–Trinajstić information content (AvgIpc) is 3.11. The predicted octanol–water partition coefficient (Wildman–Crippen LogP) is 3.32. The number of aliphatic hydroxyl groups excluding tert-OH is 1. The van der Waals surface area contributed by atoms with Gasteiger partial charge in [-0.25, -0.2) is 18.7 Å². The fraction of sp³-hybridized carbons (Fsp3) is 0.500. The Labute approximate surface area is 160 Å². The van der Waals surface area contributed by atoms with Gasteiger partial charge in [0, 0.05) is 37.7 Å². The molecule has 0 aliphatic heterocycles. The number of nitrogens with zero attached hydrogens (tertiary/aromatic N) is 2. The van der Waals surface area contributed by atoms with Crippen LogP contribution in [-0.4, -0.2) is 32.9 Å². The summed E-state index contributed by atoms with van der Waals surface area (Å²) in [6, 6.07) is 3.58. The number of thiazole rings is 1. The molecule has 2 aromatic rings. The van der Waals surface area contributed by atoms with Crippen molar-refractivity contribution in [3.05, 3.63) is 28.8 Å². The molecule has 0 radical (unpaired) electrons. The Morgan fingerprint density at radius 2 is 2.07 bits per heavy atom. The minimum Gasteiger partial charge on any atom is -0.390 e. The molecule has 3 N–H and O–H groups in total. The first-order valence-electron chi connectivity index (χ1n) is 8.80. The van der Waals surface area contributed by atoms with Crippen LogP contribution in [0.15, 0.2) is 17.5 Å². The Hall–Kier alpha value is -2.13. The smallest absolute Gasteiger partial charge is 0.248 e. The van der Waals surface area contributed by atoms with Crippen molar-refractivity contribution in [2.24, 2.45) is 0 Å². The number of nitrogens with one attached hydrogen (secondary N) is 2. The number of alkyl halides is 2. The van der Waals surface area contributed by atoms with E-state index in [4.69, 9.17) is 0 Å². The molecule has 0 spiro atoms. The summed E-state index contributed by atoms with van der Waals surface area (Å²) in [5.41, 5.74) is 2.01. The number of hydrogen-bond donors (Lipinski definition) is 3. The van der Waals surface area contributed by atoms with Crippen LogP contribution < -0.4 is 10.6 Å². The molecule has 2 aromatic heterocycles. The summed E-state index contributed by atoms with van der Waals surface area (Å²) < 4.78 is 26.7. The Balaban J connectivity index is 1.82. The first kappa shape index (κ1) is 19.6. The maximum atomic E-state index is 13.4. The van der Waals surface area contributed by atoms with Crippen molar-refractivity contribution in [2.45, 2.75) is 57.7 Å². The maximum Gasteiger partial charge on any atom is 0.248 e. The number of anilines is 1. The topological polar surface area (TPSA) is 87.1 Å². The van der Waals surface area contributed by atoms with E-state index in [1.54, 1.807) is 5.38 Å². The number of carbonyl (C=O) groups excluding carboxylic acids is 1. The number of halogens is 2. The van der Waals surface area contributed by atoms with Crippen LogP contribution in [0.4, 0.5) is 14.6 Å². The van der Waals surface area contributed by atoms with Gasteiger partial charge in [-0.1, -0.05) is 0 Å². The van der Waals surface area contributed by atoms with Gasteiger partial charge in [-0.2, -0.15) is 0 Å².